The van der Waals surface area contributed by atoms with Gasteiger partial charge in [0.15, 0.2) is 0 Å². The molecular formula is C14H23FN2O2S. The molecule has 1 aromatic carbocycles. The van der Waals surface area contributed by atoms with Crippen LogP contribution in [0.25, 0.3) is 0 Å². The second kappa shape index (κ2) is 7.71. The third-order valence-corrected chi connectivity index (χ3v) is 4.49. The molecule has 0 aliphatic rings. The lowest BCUT2D eigenvalue weighted by molar-refractivity contribution is 0.571. The van der Waals surface area contributed by atoms with Crippen molar-refractivity contribution in [2.24, 2.45) is 0 Å². The molecule has 6 heteroatoms. The first-order chi connectivity index (χ1) is 9.42. The van der Waals surface area contributed by atoms with Gasteiger partial charge in [-0.25, -0.2) is 17.5 Å². The van der Waals surface area contributed by atoms with Crippen molar-refractivity contribution in [3.63, 3.8) is 0 Å². The van der Waals surface area contributed by atoms with Crippen molar-refractivity contribution >= 4 is 10.0 Å². The van der Waals surface area contributed by atoms with Crippen molar-refractivity contribution in [1.82, 2.24) is 10.0 Å². The molecule has 0 aromatic heterocycles. The van der Waals surface area contributed by atoms with Crippen LogP contribution >= 0.6 is 0 Å². The highest BCUT2D eigenvalue weighted by atomic mass is 32.2. The summed E-state index contributed by atoms with van der Waals surface area (Å²) in [4.78, 5) is 0.123. The van der Waals surface area contributed by atoms with E-state index in [4.69, 9.17) is 0 Å². The van der Waals surface area contributed by atoms with Gasteiger partial charge in [0, 0.05) is 18.7 Å². The van der Waals surface area contributed by atoms with Crippen molar-refractivity contribution in [3.05, 3.63) is 29.1 Å². The van der Waals surface area contributed by atoms with Crippen molar-refractivity contribution in [3.8, 4) is 0 Å². The molecule has 0 aliphatic heterocycles. The average molecular weight is 302 g/mol. The minimum absolute atomic E-state index is 0.123. The van der Waals surface area contributed by atoms with Crippen LogP contribution in [0.2, 0.25) is 0 Å². The normalized spacial score (nSPS) is 11.8. The molecule has 0 bridgehead atoms. The first-order valence-corrected chi connectivity index (χ1v) is 8.34. The highest BCUT2D eigenvalue weighted by Gasteiger charge is 2.17. The van der Waals surface area contributed by atoms with E-state index in [-0.39, 0.29) is 10.7 Å². The molecular weight excluding hydrogens is 279 g/mol. The van der Waals surface area contributed by atoms with Gasteiger partial charge in [0.2, 0.25) is 10.0 Å². The van der Waals surface area contributed by atoms with Crippen LogP contribution in [-0.2, 0) is 16.6 Å². The summed E-state index contributed by atoms with van der Waals surface area (Å²) in [5.41, 5.74) is 0.702. The Kier molecular flexibility index (Phi) is 6.58. The first kappa shape index (κ1) is 17.1. The van der Waals surface area contributed by atoms with Gasteiger partial charge in [0.05, 0.1) is 4.90 Å². The number of unbranched alkanes of at least 4 members (excludes halogenated alkanes) is 2. The van der Waals surface area contributed by atoms with Gasteiger partial charge in [0.25, 0.3) is 0 Å². The molecule has 0 aliphatic carbocycles. The molecule has 114 valence electrons. The molecule has 0 unspecified atom stereocenters. The van der Waals surface area contributed by atoms with Crippen LogP contribution < -0.4 is 10.0 Å². The monoisotopic (exact) mass is 302 g/mol. The zero-order valence-corrected chi connectivity index (χ0v) is 13.1. The Labute approximate surface area is 120 Å². The molecule has 1 aromatic rings. The van der Waals surface area contributed by atoms with E-state index in [2.05, 4.69) is 17.0 Å². The second-order valence-corrected chi connectivity index (χ2v) is 6.62. The number of sulfonamides is 1. The summed E-state index contributed by atoms with van der Waals surface area (Å²) in [7, 11) is -1.87. The number of halogens is 1. The Hall–Kier alpha value is -0.980. The topological polar surface area (TPSA) is 58.2 Å². The van der Waals surface area contributed by atoms with Crippen LogP contribution in [0.1, 0.15) is 37.3 Å². The van der Waals surface area contributed by atoms with Crippen molar-refractivity contribution in [1.29, 1.82) is 0 Å². The SMILES string of the molecule is CCCCCNS(=O)(=O)c1cc(C)c(F)c(CNC)c1. The molecule has 20 heavy (non-hydrogen) atoms. The lowest BCUT2D eigenvalue weighted by Gasteiger charge is -2.11. The summed E-state index contributed by atoms with van der Waals surface area (Å²) < 4.78 is 40.7. The van der Waals surface area contributed by atoms with Gasteiger partial charge in [-0.3, -0.25) is 0 Å². The smallest absolute Gasteiger partial charge is 0.240 e. The standard InChI is InChI=1S/C14H23FN2O2S/c1-4-5-6-7-17-20(18,19)13-8-11(2)14(15)12(9-13)10-16-3/h8-9,16-17H,4-7,10H2,1-3H3. The fourth-order valence-electron chi connectivity index (χ4n) is 1.95. The van der Waals surface area contributed by atoms with E-state index in [0.717, 1.165) is 19.3 Å². The number of rotatable bonds is 8. The number of aryl methyl sites for hydroxylation is 1. The summed E-state index contributed by atoms with van der Waals surface area (Å²) in [6, 6.07) is 2.76. The molecule has 0 spiro atoms. The van der Waals surface area contributed by atoms with Gasteiger partial charge in [0.1, 0.15) is 5.82 Å². The zero-order chi connectivity index (χ0) is 15.2. The summed E-state index contributed by atoms with van der Waals surface area (Å²) in [6.45, 7) is 4.34. The summed E-state index contributed by atoms with van der Waals surface area (Å²) in [5.74, 6) is -0.357. The Morgan fingerprint density at radius 3 is 2.55 bits per heavy atom. The molecule has 0 atom stereocenters. The van der Waals surface area contributed by atoms with Crippen molar-refractivity contribution in [2.45, 2.75) is 44.6 Å². The second-order valence-electron chi connectivity index (χ2n) is 4.85. The largest absolute Gasteiger partial charge is 0.316 e. The zero-order valence-electron chi connectivity index (χ0n) is 12.3. The molecule has 0 amide bonds. The van der Waals surface area contributed by atoms with Gasteiger partial charge < -0.3 is 5.32 Å². The number of hydrogen-bond donors (Lipinski definition) is 2. The number of hydrogen-bond acceptors (Lipinski definition) is 3. The molecule has 0 saturated heterocycles. The van der Waals surface area contributed by atoms with Crippen molar-refractivity contribution < 1.29 is 12.8 Å². The summed E-state index contributed by atoms with van der Waals surface area (Å²) in [6.07, 6.45) is 2.82. The average Bonchev–Trinajstić information content (AvgIpc) is 2.40. The third-order valence-electron chi connectivity index (χ3n) is 3.05. The van der Waals surface area contributed by atoms with Gasteiger partial charge in [-0.2, -0.15) is 0 Å². The minimum Gasteiger partial charge on any atom is -0.316 e. The van der Waals surface area contributed by atoms with Gasteiger partial charge >= 0.3 is 0 Å². The first-order valence-electron chi connectivity index (χ1n) is 6.85. The Morgan fingerprint density at radius 2 is 1.95 bits per heavy atom. The molecule has 4 nitrogen and oxygen atoms in total. The van der Waals surface area contributed by atoms with E-state index in [1.165, 1.54) is 12.1 Å². The Balaban J connectivity index is 2.94. The van der Waals surface area contributed by atoms with Gasteiger partial charge in [-0.1, -0.05) is 19.8 Å². The van der Waals surface area contributed by atoms with E-state index >= 15 is 0 Å². The highest BCUT2D eigenvalue weighted by Crippen LogP contribution is 2.19. The van der Waals surface area contributed by atoms with E-state index in [1.807, 2.05) is 0 Å². The van der Waals surface area contributed by atoms with Crippen LogP contribution in [0.4, 0.5) is 4.39 Å². The molecule has 1 rings (SSSR count). The predicted molar refractivity (Wildman–Crippen MR) is 78.6 cm³/mol. The maximum absolute atomic E-state index is 13.9. The molecule has 0 radical (unpaired) electrons. The van der Waals surface area contributed by atoms with E-state index < -0.39 is 10.0 Å². The van der Waals surface area contributed by atoms with E-state index in [9.17, 15) is 12.8 Å². The summed E-state index contributed by atoms with van der Waals surface area (Å²) >= 11 is 0. The minimum atomic E-state index is -3.57. The van der Waals surface area contributed by atoms with Crippen LogP contribution in [0.15, 0.2) is 17.0 Å². The Bertz CT molecular complexity index is 544. The maximum Gasteiger partial charge on any atom is 0.240 e. The number of benzene rings is 1. The highest BCUT2D eigenvalue weighted by molar-refractivity contribution is 7.89. The number of nitrogens with one attached hydrogen (secondary N) is 2. The quantitative estimate of drug-likeness (QED) is 0.725. The lowest BCUT2D eigenvalue weighted by Crippen LogP contribution is -2.25. The van der Waals surface area contributed by atoms with Gasteiger partial charge in [-0.05, 0) is 38.1 Å². The molecule has 0 heterocycles. The van der Waals surface area contributed by atoms with Crippen LogP contribution in [0, 0.1) is 12.7 Å². The fraction of sp³-hybridized carbons (Fsp3) is 0.571. The molecule has 0 saturated carbocycles. The van der Waals surface area contributed by atoms with Crippen molar-refractivity contribution in [2.75, 3.05) is 13.6 Å². The third kappa shape index (κ3) is 4.54. The fourth-order valence-corrected chi connectivity index (χ4v) is 3.15. The maximum atomic E-state index is 13.9. The van der Waals surface area contributed by atoms with Crippen LogP contribution in [0.3, 0.4) is 0 Å². The molecule has 2 N–H and O–H groups in total. The Morgan fingerprint density at radius 1 is 1.25 bits per heavy atom. The summed E-state index contributed by atoms with van der Waals surface area (Å²) in [5, 5.41) is 2.84. The van der Waals surface area contributed by atoms with E-state index in [0.29, 0.717) is 24.2 Å². The lowest BCUT2D eigenvalue weighted by atomic mass is 10.1. The predicted octanol–water partition coefficient (Wildman–Crippen LogP) is 2.32. The van der Waals surface area contributed by atoms with Crippen LogP contribution in [-0.4, -0.2) is 22.0 Å². The van der Waals surface area contributed by atoms with E-state index in [1.54, 1.807) is 14.0 Å². The van der Waals surface area contributed by atoms with Gasteiger partial charge in [-0.15, -0.1) is 0 Å². The van der Waals surface area contributed by atoms with Crippen LogP contribution in [0.5, 0.6) is 0 Å². The molecule has 0 fully saturated rings.